The van der Waals surface area contributed by atoms with E-state index in [2.05, 4.69) is 11.0 Å². The molecule has 1 fully saturated rings. The number of methoxy groups -OCH3 is 1. The van der Waals surface area contributed by atoms with E-state index in [4.69, 9.17) is 9.84 Å². The Hall–Kier alpha value is -1.55. The summed E-state index contributed by atoms with van der Waals surface area (Å²) in [6.45, 7) is 4.13. The molecular formula is C13H17NO3. The molecule has 4 nitrogen and oxygen atoms in total. The van der Waals surface area contributed by atoms with Gasteiger partial charge in [0.1, 0.15) is 5.75 Å². The first kappa shape index (κ1) is 11.9. The zero-order valence-electron chi connectivity index (χ0n) is 10.1. The predicted octanol–water partition coefficient (Wildman–Crippen LogP) is 1.52. The zero-order valence-corrected chi connectivity index (χ0v) is 10.1. The molecule has 2 rings (SSSR count). The molecule has 0 saturated carbocycles. The normalized spacial score (nSPS) is 16.6. The minimum atomic E-state index is -0.688. The fourth-order valence-corrected chi connectivity index (χ4v) is 2.15. The summed E-state index contributed by atoms with van der Waals surface area (Å²) in [5, 5.41) is 8.79. The van der Waals surface area contributed by atoms with Crippen LogP contribution in [-0.4, -0.2) is 36.2 Å². The van der Waals surface area contributed by atoms with Gasteiger partial charge >= 0.3 is 5.97 Å². The summed E-state index contributed by atoms with van der Waals surface area (Å²) in [6, 6.07) is 6.08. The van der Waals surface area contributed by atoms with E-state index in [1.165, 1.54) is 5.56 Å². The maximum atomic E-state index is 10.7. The maximum absolute atomic E-state index is 10.7. The van der Waals surface area contributed by atoms with Crippen LogP contribution >= 0.6 is 0 Å². The number of hydrogen-bond acceptors (Lipinski definition) is 3. The number of rotatable bonds is 4. The molecule has 0 radical (unpaired) electrons. The SMILES string of the molecule is COc1ccc(CN2CC(C(=O)O)C2)cc1C. The molecular weight excluding hydrogens is 218 g/mol. The molecule has 0 amide bonds. The van der Waals surface area contributed by atoms with E-state index < -0.39 is 5.97 Å². The first-order chi connectivity index (χ1) is 8.10. The average Bonchev–Trinajstić information content (AvgIpc) is 2.22. The predicted molar refractivity (Wildman–Crippen MR) is 64.1 cm³/mol. The van der Waals surface area contributed by atoms with Gasteiger partial charge in [-0.05, 0) is 24.1 Å². The number of hydrogen-bond donors (Lipinski definition) is 1. The molecule has 1 aromatic rings. The lowest BCUT2D eigenvalue weighted by molar-refractivity contribution is -0.147. The van der Waals surface area contributed by atoms with Crippen LogP contribution in [0.5, 0.6) is 5.75 Å². The highest BCUT2D eigenvalue weighted by Gasteiger charge is 2.32. The lowest BCUT2D eigenvalue weighted by atomic mass is 9.99. The fourth-order valence-electron chi connectivity index (χ4n) is 2.15. The number of benzene rings is 1. The van der Waals surface area contributed by atoms with Gasteiger partial charge in [-0.25, -0.2) is 0 Å². The van der Waals surface area contributed by atoms with Crippen molar-refractivity contribution in [3.8, 4) is 5.75 Å². The molecule has 1 aromatic carbocycles. The number of carbonyl (C=O) groups is 1. The van der Waals surface area contributed by atoms with Crippen molar-refractivity contribution in [1.29, 1.82) is 0 Å². The number of likely N-dealkylation sites (tertiary alicyclic amines) is 1. The molecule has 92 valence electrons. The standard InChI is InChI=1S/C13H17NO3/c1-9-5-10(3-4-12(9)17-2)6-14-7-11(8-14)13(15)16/h3-5,11H,6-8H2,1-2H3,(H,15,16). The summed E-state index contributed by atoms with van der Waals surface area (Å²) in [4.78, 5) is 12.8. The summed E-state index contributed by atoms with van der Waals surface area (Å²) in [7, 11) is 1.66. The molecule has 4 heteroatoms. The van der Waals surface area contributed by atoms with Crippen molar-refractivity contribution in [2.45, 2.75) is 13.5 Å². The van der Waals surface area contributed by atoms with Crippen LogP contribution in [0.4, 0.5) is 0 Å². The topological polar surface area (TPSA) is 49.8 Å². The number of aryl methyl sites for hydroxylation is 1. The Morgan fingerprint density at radius 1 is 1.53 bits per heavy atom. The van der Waals surface area contributed by atoms with Gasteiger partial charge in [-0.2, -0.15) is 0 Å². The van der Waals surface area contributed by atoms with Crippen LogP contribution in [0.3, 0.4) is 0 Å². The van der Waals surface area contributed by atoms with Gasteiger partial charge in [-0.1, -0.05) is 12.1 Å². The van der Waals surface area contributed by atoms with E-state index >= 15 is 0 Å². The Labute approximate surface area is 101 Å². The summed E-state index contributed by atoms with van der Waals surface area (Å²) in [5.41, 5.74) is 2.31. The van der Waals surface area contributed by atoms with Gasteiger partial charge in [0.25, 0.3) is 0 Å². The van der Waals surface area contributed by atoms with Crippen LogP contribution in [0.15, 0.2) is 18.2 Å². The second-order valence-corrected chi connectivity index (χ2v) is 4.53. The number of carboxylic acid groups (broad SMARTS) is 1. The van der Waals surface area contributed by atoms with E-state index in [9.17, 15) is 4.79 Å². The molecule has 17 heavy (non-hydrogen) atoms. The van der Waals surface area contributed by atoms with Crippen LogP contribution in [0.1, 0.15) is 11.1 Å². The molecule has 0 unspecified atom stereocenters. The van der Waals surface area contributed by atoms with Crippen LogP contribution in [-0.2, 0) is 11.3 Å². The minimum absolute atomic E-state index is 0.186. The van der Waals surface area contributed by atoms with Crippen molar-refractivity contribution in [2.75, 3.05) is 20.2 Å². The van der Waals surface area contributed by atoms with Crippen molar-refractivity contribution < 1.29 is 14.6 Å². The van der Waals surface area contributed by atoms with E-state index in [1.54, 1.807) is 7.11 Å². The van der Waals surface area contributed by atoms with E-state index in [-0.39, 0.29) is 5.92 Å². The molecule has 1 saturated heterocycles. The van der Waals surface area contributed by atoms with Crippen LogP contribution in [0.2, 0.25) is 0 Å². The maximum Gasteiger partial charge on any atom is 0.309 e. The fraction of sp³-hybridized carbons (Fsp3) is 0.462. The lowest BCUT2D eigenvalue weighted by Gasteiger charge is -2.36. The van der Waals surface area contributed by atoms with Crippen LogP contribution in [0.25, 0.3) is 0 Å². The Bertz CT molecular complexity index is 425. The van der Waals surface area contributed by atoms with Crippen molar-refractivity contribution >= 4 is 5.97 Å². The molecule has 1 aliphatic rings. The third kappa shape index (κ3) is 2.58. The molecule has 0 aliphatic carbocycles. The first-order valence-corrected chi connectivity index (χ1v) is 5.69. The van der Waals surface area contributed by atoms with Crippen LogP contribution in [0, 0.1) is 12.8 Å². The highest BCUT2D eigenvalue weighted by atomic mass is 16.5. The second-order valence-electron chi connectivity index (χ2n) is 4.53. The van der Waals surface area contributed by atoms with Gasteiger partial charge in [0.05, 0.1) is 13.0 Å². The van der Waals surface area contributed by atoms with E-state index in [0.29, 0.717) is 13.1 Å². The Balaban J connectivity index is 1.92. The smallest absolute Gasteiger partial charge is 0.309 e. The monoisotopic (exact) mass is 235 g/mol. The largest absolute Gasteiger partial charge is 0.496 e. The van der Waals surface area contributed by atoms with Gasteiger partial charge in [-0.15, -0.1) is 0 Å². The quantitative estimate of drug-likeness (QED) is 0.859. The lowest BCUT2D eigenvalue weighted by Crippen LogP contribution is -2.49. The minimum Gasteiger partial charge on any atom is -0.496 e. The second kappa shape index (κ2) is 4.75. The summed E-state index contributed by atoms with van der Waals surface area (Å²) in [6.07, 6.45) is 0. The van der Waals surface area contributed by atoms with E-state index in [0.717, 1.165) is 17.9 Å². The van der Waals surface area contributed by atoms with Gasteiger partial charge in [-0.3, -0.25) is 9.69 Å². The average molecular weight is 235 g/mol. The molecule has 0 bridgehead atoms. The van der Waals surface area contributed by atoms with Gasteiger partial charge in [0.2, 0.25) is 0 Å². The Morgan fingerprint density at radius 3 is 2.76 bits per heavy atom. The highest BCUT2D eigenvalue weighted by Crippen LogP contribution is 2.22. The number of aliphatic carboxylic acids is 1. The molecule has 0 aromatic heterocycles. The summed E-state index contributed by atoms with van der Waals surface area (Å²) < 4.78 is 5.20. The molecule has 1 aliphatic heterocycles. The van der Waals surface area contributed by atoms with Crippen molar-refractivity contribution in [1.82, 2.24) is 4.90 Å². The number of nitrogens with zero attached hydrogens (tertiary/aromatic N) is 1. The number of ether oxygens (including phenoxy) is 1. The van der Waals surface area contributed by atoms with Crippen LogP contribution < -0.4 is 4.74 Å². The molecule has 1 N–H and O–H groups in total. The molecule has 0 atom stereocenters. The van der Waals surface area contributed by atoms with Gasteiger partial charge in [0.15, 0.2) is 0 Å². The van der Waals surface area contributed by atoms with E-state index in [1.807, 2.05) is 19.1 Å². The molecule has 0 spiro atoms. The van der Waals surface area contributed by atoms with Gasteiger partial charge in [0, 0.05) is 19.6 Å². The van der Waals surface area contributed by atoms with Crippen molar-refractivity contribution in [2.24, 2.45) is 5.92 Å². The molecule has 1 heterocycles. The Kier molecular flexibility index (Phi) is 3.33. The third-order valence-electron chi connectivity index (χ3n) is 3.17. The summed E-state index contributed by atoms with van der Waals surface area (Å²) >= 11 is 0. The number of carboxylic acids is 1. The first-order valence-electron chi connectivity index (χ1n) is 5.69. The zero-order chi connectivity index (χ0) is 12.4. The highest BCUT2D eigenvalue weighted by molar-refractivity contribution is 5.71. The third-order valence-corrected chi connectivity index (χ3v) is 3.17. The van der Waals surface area contributed by atoms with Crippen molar-refractivity contribution in [3.05, 3.63) is 29.3 Å². The van der Waals surface area contributed by atoms with Crippen molar-refractivity contribution in [3.63, 3.8) is 0 Å². The summed E-state index contributed by atoms with van der Waals surface area (Å²) in [5.74, 6) is 0.0160. The van der Waals surface area contributed by atoms with Gasteiger partial charge < -0.3 is 9.84 Å². The Morgan fingerprint density at radius 2 is 2.24 bits per heavy atom.